The van der Waals surface area contributed by atoms with E-state index in [1.54, 1.807) is 0 Å². The quantitative estimate of drug-likeness (QED) is 0.756. The smallest absolute Gasteiger partial charge is 0.312 e. The summed E-state index contributed by atoms with van der Waals surface area (Å²) in [6.45, 7) is 2.37. The van der Waals surface area contributed by atoms with Crippen LogP contribution >= 0.6 is 0 Å². The van der Waals surface area contributed by atoms with Gasteiger partial charge in [-0.3, -0.25) is 4.79 Å². The van der Waals surface area contributed by atoms with E-state index in [-0.39, 0.29) is 11.4 Å². The lowest BCUT2D eigenvalue weighted by molar-refractivity contribution is -0.157. The van der Waals surface area contributed by atoms with Crippen molar-refractivity contribution in [1.82, 2.24) is 0 Å². The average molecular weight is 246 g/mol. The number of hydrogen-bond acceptors (Lipinski definition) is 2. The molecule has 0 radical (unpaired) electrons. The molecule has 0 N–H and O–H groups in total. The Kier molecular flexibility index (Phi) is 4.40. The van der Waals surface area contributed by atoms with Gasteiger partial charge in [0.15, 0.2) is 0 Å². The van der Waals surface area contributed by atoms with Crippen LogP contribution in [0.2, 0.25) is 0 Å². The van der Waals surface area contributed by atoms with E-state index >= 15 is 0 Å². The van der Waals surface area contributed by atoms with Crippen molar-refractivity contribution in [2.75, 3.05) is 6.61 Å². The van der Waals surface area contributed by atoms with Gasteiger partial charge in [0, 0.05) is 0 Å². The van der Waals surface area contributed by atoms with E-state index < -0.39 is 0 Å². The Morgan fingerprint density at radius 3 is 2.44 bits per heavy atom. The minimum absolute atomic E-state index is 0.00792. The number of carbonyl (C=O) groups excluding carboxylic acids is 1. The number of carbonyl (C=O) groups is 1. The Labute approximate surface area is 109 Å². The lowest BCUT2D eigenvalue weighted by Gasteiger charge is -2.35. The van der Waals surface area contributed by atoms with Crippen molar-refractivity contribution >= 4 is 5.97 Å². The van der Waals surface area contributed by atoms with Crippen LogP contribution < -0.4 is 0 Å². The molecule has 1 saturated carbocycles. The fourth-order valence-electron chi connectivity index (χ4n) is 2.95. The van der Waals surface area contributed by atoms with Gasteiger partial charge in [-0.25, -0.2) is 0 Å². The lowest BCUT2D eigenvalue weighted by Crippen LogP contribution is -2.37. The van der Waals surface area contributed by atoms with Crippen molar-refractivity contribution in [3.05, 3.63) is 35.9 Å². The van der Waals surface area contributed by atoms with Crippen LogP contribution in [0.15, 0.2) is 30.3 Å². The summed E-state index contributed by atoms with van der Waals surface area (Å²) in [5.41, 5.74) is 0.975. The maximum absolute atomic E-state index is 12.3. The SMILES string of the molecule is CCOC(=O)C1(Cc2ccccc2)CCCCC1. The number of benzene rings is 1. The fraction of sp³-hybridized carbons (Fsp3) is 0.562. The molecule has 0 aliphatic heterocycles. The highest BCUT2D eigenvalue weighted by Gasteiger charge is 2.40. The van der Waals surface area contributed by atoms with Gasteiger partial charge in [0.05, 0.1) is 12.0 Å². The van der Waals surface area contributed by atoms with Crippen LogP contribution in [-0.2, 0) is 16.0 Å². The summed E-state index contributed by atoms with van der Waals surface area (Å²) in [7, 11) is 0. The van der Waals surface area contributed by atoms with Crippen LogP contribution in [0.3, 0.4) is 0 Å². The first-order chi connectivity index (χ1) is 8.77. The van der Waals surface area contributed by atoms with Crippen molar-refractivity contribution < 1.29 is 9.53 Å². The molecule has 0 bridgehead atoms. The second-order valence-corrected chi connectivity index (χ2v) is 5.22. The Morgan fingerprint density at radius 2 is 1.83 bits per heavy atom. The van der Waals surface area contributed by atoms with E-state index in [9.17, 15) is 4.79 Å². The molecule has 1 aromatic rings. The minimum atomic E-state index is -0.268. The first-order valence-electron chi connectivity index (χ1n) is 6.98. The zero-order chi connectivity index (χ0) is 12.8. The summed E-state index contributed by atoms with van der Waals surface area (Å²) in [6, 6.07) is 10.3. The molecule has 0 saturated heterocycles. The van der Waals surface area contributed by atoms with E-state index in [2.05, 4.69) is 12.1 Å². The van der Waals surface area contributed by atoms with E-state index in [1.165, 1.54) is 12.0 Å². The van der Waals surface area contributed by atoms with Crippen LogP contribution in [0.5, 0.6) is 0 Å². The minimum Gasteiger partial charge on any atom is -0.466 e. The molecular weight excluding hydrogens is 224 g/mol. The summed E-state index contributed by atoms with van der Waals surface area (Å²) in [5, 5.41) is 0. The molecule has 98 valence electrons. The van der Waals surface area contributed by atoms with Gasteiger partial charge in [-0.05, 0) is 31.7 Å². The maximum atomic E-state index is 12.3. The third kappa shape index (κ3) is 2.92. The Hall–Kier alpha value is -1.31. The zero-order valence-electron chi connectivity index (χ0n) is 11.2. The lowest BCUT2D eigenvalue weighted by atomic mass is 9.70. The molecule has 1 aliphatic rings. The van der Waals surface area contributed by atoms with Crippen molar-refractivity contribution in [1.29, 1.82) is 0 Å². The molecular formula is C16H22O2. The van der Waals surface area contributed by atoms with Gasteiger partial charge in [0.2, 0.25) is 0 Å². The van der Waals surface area contributed by atoms with Crippen LogP contribution in [-0.4, -0.2) is 12.6 Å². The summed E-state index contributed by atoms with van der Waals surface area (Å²) in [6.07, 6.45) is 6.31. The predicted octanol–water partition coefficient (Wildman–Crippen LogP) is 3.74. The summed E-state index contributed by atoms with van der Waals surface area (Å²) >= 11 is 0. The van der Waals surface area contributed by atoms with Crippen molar-refractivity contribution in [3.63, 3.8) is 0 Å². The second kappa shape index (κ2) is 6.03. The Balaban J connectivity index is 2.16. The number of esters is 1. The van der Waals surface area contributed by atoms with Gasteiger partial charge in [0.1, 0.15) is 0 Å². The summed E-state index contributed by atoms with van der Waals surface area (Å²) < 4.78 is 5.32. The van der Waals surface area contributed by atoms with E-state index in [0.29, 0.717) is 6.61 Å². The Morgan fingerprint density at radius 1 is 1.17 bits per heavy atom. The molecule has 0 aromatic heterocycles. The molecule has 18 heavy (non-hydrogen) atoms. The van der Waals surface area contributed by atoms with Crippen LogP contribution in [0.1, 0.15) is 44.6 Å². The van der Waals surface area contributed by atoms with Gasteiger partial charge < -0.3 is 4.74 Å². The van der Waals surface area contributed by atoms with Crippen molar-refractivity contribution in [3.8, 4) is 0 Å². The van der Waals surface area contributed by atoms with Gasteiger partial charge in [0.25, 0.3) is 0 Å². The first-order valence-corrected chi connectivity index (χ1v) is 6.98. The molecule has 0 spiro atoms. The van der Waals surface area contributed by atoms with Gasteiger partial charge in [-0.15, -0.1) is 0 Å². The van der Waals surface area contributed by atoms with E-state index in [0.717, 1.165) is 32.1 Å². The van der Waals surface area contributed by atoms with Crippen molar-refractivity contribution in [2.24, 2.45) is 5.41 Å². The molecule has 0 amide bonds. The topological polar surface area (TPSA) is 26.3 Å². The molecule has 2 rings (SSSR count). The standard InChI is InChI=1S/C16H22O2/c1-2-18-15(17)16(11-7-4-8-12-16)13-14-9-5-3-6-10-14/h3,5-6,9-10H,2,4,7-8,11-13H2,1H3. The molecule has 0 atom stereocenters. The summed E-state index contributed by atoms with van der Waals surface area (Å²) in [5.74, 6) is 0.00792. The molecule has 0 heterocycles. The largest absolute Gasteiger partial charge is 0.466 e. The fourth-order valence-corrected chi connectivity index (χ4v) is 2.95. The van der Waals surface area contributed by atoms with Crippen LogP contribution in [0.4, 0.5) is 0 Å². The zero-order valence-corrected chi connectivity index (χ0v) is 11.2. The average Bonchev–Trinajstić information content (AvgIpc) is 2.41. The number of hydrogen-bond donors (Lipinski definition) is 0. The molecule has 1 fully saturated rings. The molecule has 1 aliphatic carbocycles. The van der Waals surface area contributed by atoms with Gasteiger partial charge >= 0.3 is 5.97 Å². The van der Waals surface area contributed by atoms with E-state index in [4.69, 9.17) is 4.74 Å². The van der Waals surface area contributed by atoms with E-state index in [1.807, 2.05) is 25.1 Å². The Bertz CT molecular complexity index is 377. The first kappa shape index (κ1) is 13.1. The van der Waals surface area contributed by atoms with Gasteiger partial charge in [-0.1, -0.05) is 49.6 Å². The normalized spacial score (nSPS) is 18.3. The predicted molar refractivity (Wildman–Crippen MR) is 72.3 cm³/mol. The van der Waals surface area contributed by atoms with Crippen LogP contribution in [0, 0.1) is 5.41 Å². The third-order valence-corrected chi connectivity index (χ3v) is 3.90. The number of ether oxygens (including phenoxy) is 1. The molecule has 1 aromatic carbocycles. The molecule has 0 unspecified atom stereocenters. The highest BCUT2D eigenvalue weighted by molar-refractivity contribution is 5.77. The van der Waals surface area contributed by atoms with Crippen molar-refractivity contribution in [2.45, 2.75) is 45.4 Å². The molecule has 2 nitrogen and oxygen atoms in total. The molecule has 2 heteroatoms. The van der Waals surface area contributed by atoms with Crippen LogP contribution in [0.25, 0.3) is 0 Å². The monoisotopic (exact) mass is 246 g/mol. The highest BCUT2D eigenvalue weighted by Crippen LogP contribution is 2.40. The highest BCUT2D eigenvalue weighted by atomic mass is 16.5. The summed E-state index contributed by atoms with van der Waals surface area (Å²) in [4.78, 5) is 12.3. The third-order valence-electron chi connectivity index (χ3n) is 3.90. The second-order valence-electron chi connectivity index (χ2n) is 5.22. The number of rotatable bonds is 4. The van der Waals surface area contributed by atoms with Gasteiger partial charge in [-0.2, -0.15) is 0 Å². The maximum Gasteiger partial charge on any atom is 0.312 e.